The van der Waals surface area contributed by atoms with Crippen molar-refractivity contribution in [1.82, 2.24) is 5.32 Å². The fraction of sp³-hybridized carbons (Fsp3) is 0.259. The van der Waals surface area contributed by atoms with Gasteiger partial charge in [-0.15, -0.1) is 0 Å². The first-order valence-electron chi connectivity index (χ1n) is 11.0. The number of benzene rings is 3. The number of carboxylic acids is 1. The molecular formula is C27H25NO5. The highest BCUT2D eigenvalue weighted by Gasteiger charge is 2.43. The van der Waals surface area contributed by atoms with Gasteiger partial charge in [0.25, 0.3) is 0 Å². The molecule has 1 unspecified atom stereocenters. The van der Waals surface area contributed by atoms with Gasteiger partial charge in [-0.3, -0.25) is 0 Å². The number of rotatable bonds is 5. The number of methoxy groups -OCH3 is 1. The van der Waals surface area contributed by atoms with Crippen molar-refractivity contribution < 1.29 is 24.2 Å². The van der Waals surface area contributed by atoms with Gasteiger partial charge < -0.3 is 19.9 Å². The van der Waals surface area contributed by atoms with E-state index in [0.717, 1.165) is 33.4 Å². The van der Waals surface area contributed by atoms with E-state index < -0.39 is 17.6 Å². The van der Waals surface area contributed by atoms with Crippen molar-refractivity contribution in [2.24, 2.45) is 0 Å². The zero-order chi connectivity index (χ0) is 23.0. The smallest absolute Gasteiger partial charge is 0.408 e. The molecule has 33 heavy (non-hydrogen) atoms. The first-order valence-corrected chi connectivity index (χ1v) is 11.0. The van der Waals surface area contributed by atoms with Crippen LogP contribution in [0.4, 0.5) is 4.79 Å². The second-order valence-corrected chi connectivity index (χ2v) is 8.65. The molecule has 0 saturated carbocycles. The summed E-state index contributed by atoms with van der Waals surface area (Å²) < 4.78 is 10.9. The van der Waals surface area contributed by atoms with E-state index >= 15 is 0 Å². The van der Waals surface area contributed by atoms with Crippen LogP contribution in [0, 0.1) is 0 Å². The van der Waals surface area contributed by atoms with Crippen molar-refractivity contribution in [1.29, 1.82) is 0 Å². The normalized spacial score (nSPS) is 18.6. The number of hydrogen-bond donors (Lipinski definition) is 2. The van der Waals surface area contributed by atoms with Gasteiger partial charge in [-0.25, -0.2) is 9.59 Å². The van der Waals surface area contributed by atoms with Crippen LogP contribution in [-0.2, 0) is 22.4 Å². The summed E-state index contributed by atoms with van der Waals surface area (Å²) in [5, 5.41) is 12.7. The molecule has 6 heteroatoms. The number of nitrogens with one attached hydrogen (secondary N) is 1. The second-order valence-electron chi connectivity index (χ2n) is 8.65. The van der Waals surface area contributed by atoms with Gasteiger partial charge in [-0.2, -0.15) is 0 Å². The molecule has 0 aromatic heterocycles. The largest absolute Gasteiger partial charge is 0.497 e. The minimum absolute atomic E-state index is 0.0831. The Kier molecular flexibility index (Phi) is 5.29. The molecule has 5 rings (SSSR count). The zero-order valence-corrected chi connectivity index (χ0v) is 18.3. The van der Waals surface area contributed by atoms with Gasteiger partial charge in [-0.1, -0.05) is 54.6 Å². The maximum atomic E-state index is 12.8. The summed E-state index contributed by atoms with van der Waals surface area (Å²) in [7, 11) is 1.57. The van der Waals surface area contributed by atoms with E-state index in [1.807, 2.05) is 54.6 Å². The maximum absolute atomic E-state index is 12.8. The third kappa shape index (κ3) is 3.71. The van der Waals surface area contributed by atoms with Crippen molar-refractivity contribution >= 4 is 12.1 Å². The summed E-state index contributed by atoms with van der Waals surface area (Å²) in [6.45, 7) is 0.139. The van der Waals surface area contributed by atoms with Gasteiger partial charge in [0.15, 0.2) is 0 Å². The Morgan fingerprint density at radius 2 is 1.67 bits per heavy atom. The van der Waals surface area contributed by atoms with Crippen LogP contribution in [-0.4, -0.2) is 36.4 Å². The summed E-state index contributed by atoms with van der Waals surface area (Å²) in [5.41, 5.74) is 5.02. The highest BCUT2D eigenvalue weighted by Crippen LogP contribution is 2.44. The van der Waals surface area contributed by atoms with Crippen molar-refractivity contribution in [2.75, 3.05) is 13.7 Å². The Labute approximate surface area is 192 Å². The molecular weight excluding hydrogens is 418 g/mol. The molecule has 3 aromatic carbocycles. The van der Waals surface area contributed by atoms with E-state index in [-0.39, 0.29) is 18.9 Å². The lowest BCUT2D eigenvalue weighted by atomic mass is 9.78. The van der Waals surface area contributed by atoms with Crippen molar-refractivity contribution in [3.63, 3.8) is 0 Å². The van der Waals surface area contributed by atoms with Gasteiger partial charge in [0.05, 0.1) is 7.11 Å². The first kappa shape index (κ1) is 21.1. The molecule has 2 aliphatic rings. The Hall–Kier alpha value is -3.80. The van der Waals surface area contributed by atoms with Crippen LogP contribution >= 0.6 is 0 Å². The summed E-state index contributed by atoms with van der Waals surface area (Å²) in [6, 6.07) is 21.8. The molecule has 3 aromatic rings. The molecule has 0 bridgehead atoms. The SMILES string of the molecule is COc1ccc2c(c1)CC(NC(=O)OCC1c3ccccc3-c3ccccc31)(C(=O)O)CC2. The van der Waals surface area contributed by atoms with Gasteiger partial charge >= 0.3 is 12.1 Å². The molecule has 1 amide bonds. The van der Waals surface area contributed by atoms with Crippen LogP contribution in [0.3, 0.4) is 0 Å². The number of hydrogen-bond acceptors (Lipinski definition) is 4. The zero-order valence-electron chi connectivity index (χ0n) is 18.3. The van der Waals surface area contributed by atoms with E-state index in [2.05, 4.69) is 17.4 Å². The minimum Gasteiger partial charge on any atom is -0.497 e. The van der Waals surface area contributed by atoms with E-state index in [1.165, 1.54) is 0 Å². The predicted molar refractivity (Wildman–Crippen MR) is 124 cm³/mol. The van der Waals surface area contributed by atoms with E-state index in [0.29, 0.717) is 18.6 Å². The van der Waals surface area contributed by atoms with Crippen molar-refractivity contribution in [2.45, 2.75) is 30.7 Å². The number of carboxylic acid groups (broad SMARTS) is 1. The minimum atomic E-state index is -1.41. The molecule has 0 saturated heterocycles. The van der Waals surface area contributed by atoms with Crippen LogP contribution < -0.4 is 10.1 Å². The topological polar surface area (TPSA) is 84.9 Å². The lowest BCUT2D eigenvalue weighted by Crippen LogP contribution is -2.58. The van der Waals surface area contributed by atoms with Crippen LogP contribution in [0.1, 0.15) is 34.6 Å². The third-order valence-corrected chi connectivity index (χ3v) is 6.82. The molecule has 0 heterocycles. The van der Waals surface area contributed by atoms with Gasteiger partial charge in [-0.05, 0) is 58.4 Å². The molecule has 1 atom stereocenters. The van der Waals surface area contributed by atoms with Crippen molar-refractivity contribution in [3.05, 3.63) is 89.0 Å². The van der Waals surface area contributed by atoms with Crippen LogP contribution in [0.2, 0.25) is 0 Å². The molecule has 6 nitrogen and oxygen atoms in total. The second kappa shape index (κ2) is 8.28. The number of fused-ring (bicyclic) bond motifs is 4. The highest BCUT2D eigenvalue weighted by molar-refractivity contribution is 5.85. The number of aliphatic carboxylic acids is 1. The molecule has 2 aliphatic carbocycles. The summed E-state index contributed by atoms with van der Waals surface area (Å²) in [5.74, 6) is -0.485. The lowest BCUT2D eigenvalue weighted by Gasteiger charge is -2.35. The van der Waals surface area contributed by atoms with E-state index in [4.69, 9.17) is 9.47 Å². The average molecular weight is 443 g/mol. The summed E-state index contributed by atoms with van der Waals surface area (Å²) in [6.07, 6.45) is 0.311. The number of aryl methyl sites for hydroxylation is 1. The molecule has 0 spiro atoms. The molecule has 0 radical (unpaired) electrons. The number of carbonyl (C=O) groups is 2. The van der Waals surface area contributed by atoms with Crippen LogP contribution in [0.5, 0.6) is 5.75 Å². The molecule has 0 fully saturated rings. The van der Waals surface area contributed by atoms with E-state index in [1.54, 1.807) is 7.11 Å². The number of carbonyl (C=O) groups excluding carboxylic acids is 1. The van der Waals surface area contributed by atoms with Gasteiger partial charge in [0.2, 0.25) is 0 Å². The Morgan fingerprint density at radius 1 is 1.00 bits per heavy atom. The average Bonchev–Trinajstić information content (AvgIpc) is 3.16. The van der Waals surface area contributed by atoms with Crippen LogP contribution in [0.25, 0.3) is 11.1 Å². The fourth-order valence-electron chi connectivity index (χ4n) is 5.07. The molecule has 168 valence electrons. The highest BCUT2D eigenvalue weighted by atomic mass is 16.5. The van der Waals surface area contributed by atoms with Gasteiger partial charge in [0, 0.05) is 12.3 Å². The summed E-state index contributed by atoms with van der Waals surface area (Å²) >= 11 is 0. The molecule has 0 aliphatic heterocycles. The van der Waals surface area contributed by atoms with Gasteiger partial charge in [0.1, 0.15) is 17.9 Å². The maximum Gasteiger partial charge on any atom is 0.408 e. The number of alkyl carbamates (subject to hydrolysis) is 1. The fourth-order valence-corrected chi connectivity index (χ4v) is 5.07. The quantitative estimate of drug-likeness (QED) is 0.605. The van der Waals surface area contributed by atoms with Crippen molar-refractivity contribution in [3.8, 4) is 16.9 Å². The third-order valence-electron chi connectivity index (χ3n) is 6.82. The lowest BCUT2D eigenvalue weighted by molar-refractivity contribution is -0.145. The monoisotopic (exact) mass is 443 g/mol. The van der Waals surface area contributed by atoms with Crippen LogP contribution in [0.15, 0.2) is 66.7 Å². The Balaban J connectivity index is 1.33. The standard InChI is InChI=1S/C27H25NO5/c1-32-19-11-10-17-12-13-27(25(29)30,15-18(17)14-19)28-26(31)33-16-24-22-8-4-2-6-20(22)21-7-3-5-9-23(21)24/h2-11,14,24H,12-13,15-16H2,1H3,(H,28,31)(H,29,30). The Bertz CT molecular complexity index is 1190. The number of amides is 1. The first-order chi connectivity index (χ1) is 16.0. The summed E-state index contributed by atoms with van der Waals surface area (Å²) in [4.78, 5) is 25.1. The number of ether oxygens (including phenoxy) is 2. The van der Waals surface area contributed by atoms with E-state index in [9.17, 15) is 14.7 Å². The predicted octanol–water partition coefficient (Wildman–Crippen LogP) is 4.55. The Morgan fingerprint density at radius 3 is 2.30 bits per heavy atom. The molecule has 2 N–H and O–H groups in total.